The van der Waals surface area contributed by atoms with Crippen molar-refractivity contribution < 1.29 is 13.2 Å². The van der Waals surface area contributed by atoms with Gasteiger partial charge in [0.25, 0.3) is 10.0 Å². The molecule has 0 bridgehead atoms. The van der Waals surface area contributed by atoms with Gasteiger partial charge in [-0.2, -0.15) is 5.10 Å². The third-order valence-electron chi connectivity index (χ3n) is 3.81. The predicted octanol–water partition coefficient (Wildman–Crippen LogP) is 3.40. The lowest BCUT2D eigenvalue weighted by Gasteiger charge is -2.18. The lowest BCUT2D eigenvalue weighted by atomic mass is 9.92. The van der Waals surface area contributed by atoms with E-state index < -0.39 is 15.4 Å². The number of ether oxygens (including phenoxy) is 1. The average Bonchev–Trinajstić information content (AvgIpc) is 3.10. The Morgan fingerprint density at radius 1 is 1.11 bits per heavy atom. The molecule has 0 saturated heterocycles. The number of sulfonamides is 1. The van der Waals surface area contributed by atoms with Crippen molar-refractivity contribution >= 4 is 15.7 Å². The molecule has 0 spiro atoms. The van der Waals surface area contributed by atoms with E-state index in [1.54, 1.807) is 30.5 Å². The molecular weight excluding hydrogens is 366 g/mol. The van der Waals surface area contributed by atoms with Crippen molar-refractivity contribution in [3.63, 3.8) is 0 Å². The summed E-state index contributed by atoms with van der Waals surface area (Å²) in [6, 6.07) is 6.73. The van der Waals surface area contributed by atoms with Gasteiger partial charge in [-0.1, -0.05) is 20.8 Å². The second-order valence-electron chi connectivity index (χ2n) is 7.04. The van der Waals surface area contributed by atoms with Crippen LogP contribution in [0.3, 0.4) is 0 Å². The Morgan fingerprint density at radius 3 is 2.52 bits per heavy atom. The van der Waals surface area contributed by atoms with E-state index in [4.69, 9.17) is 4.74 Å². The molecule has 3 aromatic rings. The Labute approximate surface area is 158 Å². The largest absolute Gasteiger partial charge is 0.437 e. The first-order valence-electron chi connectivity index (χ1n) is 8.29. The number of nitrogens with one attached hydrogen (secondary N) is 2. The molecule has 142 valence electrons. The first-order valence-corrected chi connectivity index (χ1v) is 9.77. The molecule has 0 amide bonds. The maximum atomic E-state index is 12.7. The van der Waals surface area contributed by atoms with E-state index in [1.165, 1.54) is 12.4 Å². The van der Waals surface area contributed by atoms with Crippen LogP contribution in [0.1, 0.15) is 32.2 Å². The van der Waals surface area contributed by atoms with Crippen LogP contribution < -0.4 is 9.46 Å². The van der Waals surface area contributed by atoms with Crippen LogP contribution in [-0.4, -0.2) is 28.6 Å². The first kappa shape index (κ1) is 18.8. The summed E-state index contributed by atoms with van der Waals surface area (Å²) in [5.41, 5.74) is 1.21. The molecule has 9 heteroatoms. The standard InChI is InChI=1S/C18H21N5O3S/c1-12-14(6-5-9-19-12)26-16-8-7-13(10-20-16)23-27(24,25)15-11-21-22-17(15)18(2,3)4/h5-11,23H,1-4H3,(H,21,22). The van der Waals surface area contributed by atoms with Gasteiger partial charge in [0.05, 0.1) is 29.5 Å². The predicted molar refractivity (Wildman–Crippen MR) is 101 cm³/mol. The number of aromatic amines is 1. The molecule has 0 aliphatic rings. The number of H-pyrrole nitrogens is 1. The third kappa shape index (κ3) is 4.25. The zero-order valence-electron chi connectivity index (χ0n) is 15.5. The summed E-state index contributed by atoms with van der Waals surface area (Å²) in [6.07, 6.45) is 4.38. The summed E-state index contributed by atoms with van der Waals surface area (Å²) in [5, 5.41) is 6.65. The lowest BCUT2D eigenvalue weighted by Crippen LogP contribution is -2.20. The summed E-state index contributed by atoms with van der Waals surface area (Å²) in [7, 11) is -3.80. The van der Waals surface area contributed by atoms with Crippen LogP contribution in [-0.2, 0) is 15.4 Å². The highest BCUT2D eigenvalue weighted by Crippen LogP contribution is 2.28. The average molecular weight is 387 g/mol. The fourth-order valence-corrected chi connectivity index (χ4v) is 3.77. The minimum Gasteiger partial charge on any atom is -0.437 e. The monoisotopic (exact) mass is 387 g/mol. The SMILES string of the molecule is Cc1ncccc1Oc1ccc(NS(=O)(=O)c2cn[nH]c2C(C)(C)C)cn1. The zero-order chi connectivity index (χ0) is 19.7. The van der Waals surface area contributed by atoms with Crippen LogP contribution in [0.4, 0.5) is 5.69 Å². The number of anilines is 1. The van der Waals surface area contributed by atoms with Gasteiger partial charge in [-0.25, -0.2) is 13.4 Å². The van der Waals surface area contributed by atoms with Crippen molar-refractivity contribution in [3.8, 4) is 11.6 Å². The molecule has 0 aliphatic heterocycles. The smallest absolute Gasteiger partial charge is 0.265 e. The van der Waals surface area contributed by atoms with Crippen LogP contribution in [0.25, 0.3) is 0 Å². The van der Waals surface area contributed by atoms with Gasteiger partial charge in [0.2, 0.25) is 5.88 Å². The quantitative estimate of drug-likeness (QED) is 0.694. The lowest BCUT2D eigenvalue weighted by molar-refractivity contribution is 0.457. The summed E-state index contributed by atoms with van der Waals surface area (Å²) in [6.45, 7) is 7.56. The molecule has 2 N–H and O–H groups in total. The second-order valence-corrected chi connectivity index (χ2v) is 8.69. The Kier molecular flexibility index (Phi) is 4.88. The van der Waals surface area contributed by atoms with Gasteiger partial charge >= 0.3 is 0 Å². The first-order chi connectivity index (χ1) is 12.7. The molecule has 8 nitrogen and oxygen atoms in total. The fraction of sp³-hybridized carbons (Fsp3) is 0.278. The summed E-state index contributed by atoms with van der Waals surface area (Å²) in [4.78, 5) is 8.41. The van der Waals surface area contributed by atoms with Gasteiger partial charge in [-0.05, 0) is 25.1 Å². The molecule has 0 radical (unpaired) electrons. The maximum absolute atomic E-state index is 12.7. The Balaban J connectivity index is 1.79. The number of rotatable bonds is 5. The summed E-state index contributed by atoms with van der Waals surface area (Å²) >= 11 is 0. The highest BCUT2D eigenvalue weighted by molar-refractivity contribution is 7.92. The van der Waals surface area contributed by atoms with E-state index in [-0.39, 0.29) is 4.90 Å². The molecule has 0 fully saturated rings. The van der Waals surface area contributed by atoms with Crippen LogP contribution in [0.5, 0.6) is 11.6 Å². The van der Waals surface area contributed by atoms with Gasteiger partial charge < -0.3 is 4.74 Å². The van der Waals surface area contributed by atoms with Crippen LogP contribution >= 0.6 is 0 Å². The number of nitrogens with zero attached hydrogens (tertiary/aromatic N) is 3. The topological polar surface area (TPSA) is 110 Å². The molecule has 0 aliphatic carbocycles. The van der Waals surface area contributed by atoms with Crippen LogP contribution in [0.15, 0.2) is 47.8 Å². The van der Waals surface area contributed by atoms with Crippen molar-refractivity contribution in [2.24, 2.45) is 0 Å². The van der Waals surface area contributed by atoms with Crippen molar-refractivity contribution in [2.75, 3.05) is 4.72 Å². The number of hydrogen-bond donors (Lipinski definition) is 2. The van der Waals surface area contributed by atoms with E-state index in [1.807, 2.05) is 27.7 Å². The highest BCUT2D eigenvalue weighted by Gasteiger charge is 2.28. The molecular formula is C18H21N5O3S. The molecule has 0 atom stereocenters. The molecule has 3 aromatic heterocycles. The minimum absolute atomic E-state index is 0.112. The van der Waals surface area contributed by atoms with Crippen molar-refractivity contribution in [1.82, 2.24) is 20.2 Å². The van der Waals surface area contributed by atoms with Crippen molar-refractivity contribution in [1.29, 1.82) is 0 Å². The highest BCUT2D eigenvalue weighted by atomic mass is 32.2. The Bertz CT molecular complexity index is 1040. The van der Waals surface area contributed by atoms with Crippen molar-refractivity contribution in [2.45, 2.75) is 38.0 Å². The van der Waals surface area contributed by atoms with Crippen LogP contribution in [0, 0.1) is 6.92 Å². The van der Waals surface area contributed by atoms with Crippen LogP contribution in [0.2, 0.25) is 0 Å². The molecule has 3 heterocycles. The van der Waals surface area contributed by atoms with E-state index in [9.17, 15) is 8.42 Å². The normalized spacial score (nSPS) is 12.0. The minimum atomic E-state index is -3.80. The van der Waals surface area contributed by atoms with Gasteiger partial charge in [-0.3, -0.25) is 14.8 Å². The van der Waals surface area contributed by atoms with Crippen molar-refractivity contribution in [3.05, 3.63) is 54.2 Å². The number of aromatic nitrogens is 4. The molecule has 0 saturated carbocycles. The third-order valence-corrected chi connectivity index (χ3v) is 5.20. The zero-order valence-corrected chi connectivity index (χ0v) is 16.3. The number of pyridine rings is 2. The van der Waals surface area contributed by atoms with Gasteiger partial charge in [0.15, 0.2) is 5.75 Å². The maximum Gasteiger partial charge on any atom is 0.265 e. The van der Waals surface area contributed by atoms with Gasteiger partial charge in [0.1, 0.15) is 4.90 Å². The van der Waals surface area contributed by atoms with Gasteiger partial charge in [0, 0.05) is 17.7 Å². The summed E-state index contributed by atoms with van der Waals surface area (Å²) < 4.78 is 33.6. The molecule has 3 rings (SSSR count). The van der Waals surface area contributed by atoms with E-state index in [0.29, 0.717) is 23.0 Å². The fourth-order valence-electron chi connectivity index (χ4n) is 2.42. The van der Waals surface area contributed by atoms with E-state index >= 15 is 0 Å². The molecule has 0 aromatic carbocycles. The van der Waals surface area contributed by atoms with E-state index in [0.717, 1.165) is 5.69 Å². The molecule has 27 heavy (non-hydrogen) atoms. The Morgan fingerprint density at radius 2 is 1.89 bits per heavy atom. The number of hydrogen-bond acceptors (Lipinski definition) is 6. The van der Waals surface area contributed by atoms with E-state index in [2.05, 4.69) is 24.9 Å². The Hall–Kier alpha value is -2.94. The second kappa shape index (κ2) is 6.99. The number of aryl methyl sites for hydroxylation is 1. The molecule has 0 unspecified atom stereocenters. The summed E-state index contributed by atoms with van der Waals surface area (Å²) in [5.74, 6) is 0.930. The van der Waals surface area contributed by atoms with Gasteiger partial charge in [-0.15, -0.1) is 0 Å².